The van der Waals surface area contributed by atoms with Crippen LogP contribution in [0.3, 0.4) is 0 Å². The van der Waals surface area contributed by atoms with E-state index in [9.17, 15) is 22.8 Å². The maximum atomic E-state index is 12.8. The minimum Gasteiger partial charge on any atom is -0.465 e. The molecule has 2 aromatic carbocycles. The Balaban J connectivity index is 2.03. The number of benzene rings is 2. The highest BCUT2D eigenvalue weighted by atomic mass is 19.4. The lowest BCUT2D eigenvalue weighted by Crippen LogP contribution is -2.46. The Labute approximate surface area is 147 Å². The first-order valence-corrected chi connectivity index (χ1v) is 7.81. The third-order valence-corrected chi connectivity index (χ3v) is 4.29. The number of anilines is 2. The second kappa shape index (κ2) is 6.70. The van der Waals surface area contributed by atoms with E-state index in [4.69, 9.17) is 5.11 Å². The van der Waals surface area contributed by atoms with Crippen LogP contribution >= 0.6 is 0 Å². The molecule has 0 spiro atoms. The van der Waals surface area contributed by atoms with Crippen molar-refractivity contribution in [1.82, 2.24) is 5.32 Å². The predicted octanol–water partition coefficient (Wildman–Crippen LogP) is 3.85. The zero-order valence-electron chi connectivity index (χ0n) is 13.5. The lowest BCUT2D eigenvalue weighted by atomic mass is 9.93. The van der Waals surface area contributed by atoms with E-state index in [1.54, 1.807) is 23.1 Å². The van der Waals surface area contributed by atoms with Crippen molar-refractivity contribution in [3.63, 3.8) is 0 Å². The number of nitrogens with one attached hydrogen (secondary N) is 1. The minimum absolute atomic E-state index is 0.243. The molecule has 0 fully saturated rings. The molecule has 0 bridgehead atoms. The standard InChI is InChI=1S/C18H15F3N2O3/c19-18(20,21)12-4-6-14(7-5-12)23-9-13(22-17(25)26)8-15-11(10-24)2-1-3-16(15)23/h1-7,10,13,22H,8-9H2,(H,25,26). The van der Waals surface area contributed by atoms with Crippen LogP contribution in [0.4, 0.5) is 29.3 Å². The van der Waals surface area contributed by atoms with Gasteiger partial charge in [0.1, 0.15) is 6.29 Å². The molecule has 2 aromatic rings. The number of carboxylic acid groups (broad SMARTS) is 1. The molecule has 26 heavy (non-hydrogen) atoms. The molecule has 0 aromatic heterocycles. The Bertz CT molecular complexity index is 835. The lowest BCUT2D eigenvalue weighted by Gasteiger charge is -2.36. The fourth-order valence-corrected chi connectivity index (χ4v) is 3.15. The van der Waals surface area contributed by atoms with Crippen LogP contribution in [0.25, 0.3) is 0 Å². The number of hydrogen-bond donors (Lipinski definition) is 2. The zero-order valence-corrected chi connectivity index (χ0v) is 13.5. The largest absolute Gasteiger partial charge is 0.465 e. The van der Waals surface area contributed by atoms with Gasteiger partial charge in [0.25, 0.3) is 0 Å². The third kappa shape index (κ3) is 3.49. The molecule has 1 aliphatic heterocycles. The van der Waals surface area contributed by atoms with Crippen molar-refractivity contribution in [1.29, 1.82) is 0 Å². The maximum absolute atomic E-state index is 12.8. The van der Waals surface area contributed by atoms with Crippen molar-refractivity contribution < 1.29 is 27.9 Å². The van der Waals surface area contributed by atoms with Crippen molar-refractivity contribution in [3.05, 3.63) is 59.2 Å². The number of alkyl halides is 3. The molecule has 1 heterocycles. The van der Waals surface area contributed by atoms with Gasteiger partial charge in [-0.2, -0.15) is 13.2 Å². The summed E-state index contributed by atoms with van der Waals surface area (Å²) in [5.74, 6) is 0. The van der Waals surface area contributed by atoms with Crippen molar-refractivity contribution in [2.45, 2.75) is 18.6 Å². The monoisotopic (exact) mass is 364 g/mol. The van der Waals surface area contributed by atoms with Gasteiger partial charge >= 0.3 is 12.3 Å². The van der Waals surface area contributed by atoms with Gasteiger partial charge in [-0.15, -0.1) is 0 Å². The number of aldehydes is 1. The van der Waals surface area contributed by atoms with Crippen molar-refractivity contribution in [2.24, 2.45) is 0 Å². The molecule has 1 unspecified atom stereocenters. The number of carbonyl (C=O) groups excluding carboxylic acids is 1. The van der Waals surface area contributed by atoms with Gasteiger partial charge in [-0.1, -0.05) is 12.1 Å². The Morgan fingerprint density at radius 1 is 1.19 bits per heavy atom. The summed E-state index contributed by atoms with van der Waals surface area (Å²) in [5.41, 5.74) is 1.49. The Kier molecular flexibility index (Phi) is 4.58. The van der Waals surface area contributed by atoms with Crippen molar-refractivity contribution in [2.75, 3.05) is 11.4 Å². The first-order valence-electron chi connectivity index (χ1n) is 7.81. The highest BCUT2D eigenvalue weighted by molar-refractivity contribution is 5.83. The van der Waals surface area contributed by atoms with Gasteiger partial charge in [0.15, 0.2) is 0 Å². The molecule has 0 saturated carbocycles. The van der Waals surface area contributed by atoms with Crippen LogP contribution in [-0.4, -0.2) is 30.1 Å². The molecule has 136 valence electrons. The summed E-state index contributed by atoms with van der Waals surface area (Å²) in [6, 6.07) is 9.21. The molecule has 1 aliphatic rings. The van der Waals surface area contributed by atoms with Gasteiger partial charge in [-0.05, 0) is 42.3 Å². The van der Waals surface area contributed by atoms with E-state index in [0.29, 0.717) is 35.2 Å². The summed E-state index contributed by atoms with van der Waals surface area (Å²) in [7, 11) is 0. The van der Waals surface area contributed by atoms with E-state index in [1.807, 2.05) is 0 Å². The molecule has 5 nitrogen and oxygen atoms in total. The SMILES string of the molecule is O=Cc1cccc2c1CC(NC(=O)O)CN2c1ccc(C(F)(F)F)cc1. The first-order chi connectivity index (χ1) is 12.3. The second-order valence-electron chi connectivity index (χ2n) is 5.97. The summed E-state index contributed by atoms with van der Waals surface area (Å²) < 4.78 is 38.3. The number of carbonyl (C=O) groups is 2. The number of nitrogens with zero attached hydrogens (tertiary/aromatic N) is 1. The quantitative estimate of drug-likeness (QED) is 0.812. The van der Waals surface area contributed by atoms with Gasteiger partial charge in [0, 0.05) is 23.5 Å². The van der Waals surface area contributed by atoms with Gasteiger partial charge in [0.2, 0.25) is 0 Å². The van der Waals surface area contributed by atoms with Crippen LogP contribution in [0.5, 0.6) is 0 Å². The average Bonchev–Trinajstić information content (AvgIpc) is 2.59. The molecule has 0 aliphatic carbocycles. The summed E-state index contributed by atoms with van der Waals surface area (Å²) in [5, 5.41) is 11.4. The van der Waals surface area contributed by atoms with Crippen LogP contribution in [0.1, 0.15) is 21.5 Å². The Morgan fingerprint density at radius 2 is 1.88 bits per heavy atom. The first kappa shape index (κ1) is 17.8. The molecule has 1 amide bonds. The Hall–Kier alpha value is -3.03. The topological polar surface area (TPSA) is 69.6 Å². The van der Waals surface area contributed by atoms with E-state index in [-0.39, 0.29) is 6.54 Å². The predicted molar refractivity (Wildman–Crippen MR) is 88.9 cm³/mol. The van der Waals surface area contributed by atoms with Crippen LogP contribution in [0.2, 0.25) is 0 Å². The van der Waals surface area contributed by atoms with E-state index >= 15 is 0 Å². The number of hydrogen-bond acceptors (Lipinski definition) is 3. The molecule has 2 N–H and O–H groups in total. The van der Waals surface area contributed by atoms with Gasteiger partial charge in [-0.25, -0.2) is 4.79 Å². The molecular weight excluding hydrogens is 349 g/mol. The van der Waals surface area contributed by atoms with E-state index in [2.05, 4.69) is 5.32 Å². The normalized spacial score (nSPS) is 16.7. The summed E-state index contributed by atoms with van der Waals surface area (Å²) >= 11 is 0. The van der Waals surface area contributed by atoms with Crippen LogP contribution in [0.15, 0.2) is 42.5 Å². The van der Waals surface area contributed by atoms with Crippen LogP contribution in [0, 0.1) is 0 Å². The van der Waals surface area contributed by atoms with E-state index in [0.717, 1.165) is 12.1 Å². The molecular formula is C18H15F3N2O3. The summed E-state index contributed by atoms with van der Waals surface area (Å²) in [6.45, 7) is 0.243. The number of halogens is 3. The van der Waals surface area contributed by atoms with Gasteiger partial charge < -0.3 is 15.3 Å². The molecule has 8 heteroatoms. The average molecular weight is 364 g/mol. The van der Waals surface area contributed by atoms with Gasteiger partial charge in [-0.3, -0.25) is 4.79 Å². The fourth-order valence-electron chi connectivity index (χ4n) is 3.15. The number of amides is 1. The molecule has 1 atom stereocenters. The van der Waals surface area contributed by atoms with Crippen LogP contribution < -0.4 is 10.2 Å². The summed E-state index contributed by atoms with van der Waals surface area (Å²) in [6.07, 6.45) is -4.62. The fraction of sp³-hybridized carbons (Fsp3) is 0.222. The second-order valence-corrected chi connectivity index (χ2v) is 5.97. The van der Waals surface area contributed by atoms with Crippen molar-refractivity contribution in [3.8, 4) is 0 Å². The minimum atomic E-state index is -4.43. The summed E-state index contributed by atoms with van der Waals surface area (Å²) in [4.78, 5) is 24.0. The van der Waals surface area contributed by atoms with E-state index < -0.39 is 23.9 Å². The highest BCUT2D eigenvalue weighted by Crippen LogP contribution is 2.37. The zero-order chi connectivity index (χ0) is 18.9. The number of rotatable bonds is 3. The molecule has 0 saturated heterocycles. The lowest BCUT2D eigenvalue weighted by molar-refractivity contribution is -0.137. The maximum Gasteiger partial charge on any atom is 0.416 e. The third-order valence-electron chi connectivity index (χ3n) is 4.29. The smallest absolute Gasteiger partial charge is 0.416 e. The van der Waals surface area contributed by atoms with E-state index in [1.165, 1.54) is 12.1 Å². The highest BCUT2D eigenvalue weighted by Gasteiger charge is 2.31. The van der Waals surface area contributed by atoms with Crippen LogP contribution in [-0.2, 0) is 12.6 Å². The Morgan fingerprint density at radius 3 is 2.46 bits per heavy atom. The molecule has 0 radical (unpaired) electrons. The van der Waals surface area contributed by atoms with Gasteiger partial charge in [0.05, 0.1) is 11.6 Å². The molecule has 3 rings (SSSR count). The van der Waals surface area contributed by atoms with Crippen molar-refractivity contribution >= 4 is 23.8 Å². The number of fused-ring (bicyclic) bond motifs is 1.